The Labute approximate surface area is 192 Å². The number of amides is 1. The Morgan fingerprint density at radius 1 is 0.879 bits per heavy atom. The Morgan fingerprint density at radius 3 is 2.30 bits per heavy atom. The summed E-state index contributed by atoms with van der Waals surface area (Å²) in [6, 6.07) is 20.6. The molecule has 7 heteroatoms. The first kappa shape index (κ1) is 22.0. The smallest absolute Gasteiger partial charge is 0.259 e. The number of aromatic nitrogens is 2. The van der Waals surface area contributed by atoms with Crippen molar-refractivity contribution in [3.8, 4) is 34.2 Å². The zero-order chi connectivity index (χ0) is 23.4. The van der Waals surface area contributed by atoms with Crippen molar-refractivity contribution in [3.63, 3.8) is 0 Å². The van der Waals surface area contributed by atoms with E-state index in [9.17, 15) is 4.79 Å². The number of rotatable bonds is 7. The van der Waals surface area contributed by atoms with Crippen molar-refractivity contribution in [3.05, 3.63) is 84.1 Å². The number of carbonyl (C=O) groups excluding carboxylic acids is 1. The van der Waals surface area contributed by atoms with Gasteiger partial charge in [0.1, 0.15) is 22.9 Å². The van der Waals surface area contributed by atoms with E-state index in [0.29, 0.717) is 34.2 Å². The van der Waals surface area contributed by atoms with Gasteiger partial charge in [0.2, 0.25) is 0 Å². The van der Waals surface area contributed by atoms with Crippen LogP contribution in [0.25, 0.3) is 16.9 Å². The summed E-state index contributed by atoms with van der Waals surface area (Å²) in [7, 11) is 4.72. The van der Waals surface area contributed by atoms with Crippen LogP contribution in [0.1, 0.15) is 15.9 Å². The van der Waals surface area contributed by atoms with Gasteiger partial charge in [-0.2, -0.15) is 5.10 Å². The average Bonchev–Trinajstić information content (AvgIpc) is 3.30. The van der Waals surface area contributed by atoms with Gasteiger partial charge in [0.15, 0.2) is 0 Å². The van der Waals surface area contributed by atoms with Gasteiger partial charge in [-0.15, -0.1) is 0 Å². The molecule has 1 amide bonds. The van der Waals surface area contributed by atoms with E-state index in [-0.39, 0.29) is 5.91 Å². The minimum absolute atomic E-state index is 0.311. The normalized spacial score (nSPS) is 10.5. The van der Waals surface area contributed by atoms with Crippen LogP contribution < -0.4 is 19.5 Å². The molecule has 0 bridgehead atoms. The molecule has 1 heterocycles. The minimum atomic E-state index is -0.311. The lowest BCUT2D eigenvalue weighted by Gasteiger charge is -2.11. The van der Waals surface area contributed by atoms with Crippen molar-refractivity contribution in [1.29, 1.82) is 0 Å². The minimum Gasteiger partial charge on any atom is -0.497 e. The molecule has 7 nitrogen and oxygen atoms in total. The lowest BCUT2D eigenvalue weighted by molar-refractivity contribution is 0.102. The molecule has 0 aliphatic rings. The molecular formula is C26H25N3O4. The van der Waals surface area contributed by atoms with Crippen molar-refractivity contribution < 1.29 is 19.0 Å². The summed E-state index contributed by atoms with van der Waals surface area (Å²) in [6.45, 7) is 2.02. The number of nitrogens with zero attached hydrogens (tertiary/aromatic N) is 2. The van der Waals surface area contributed by atoms with E-state index in [4.69, 9.17) is 19.3 Å². The van der Waals surface area contributed by atoms with Gasteiger partial charge in [-0.3, -0.25) is 4.79 Å². The molecule has 1 N–H and O–H groups in total. The summed E-state index contributed by atoms with van der Waals surface area (Å²) in [4.78, 5) is 13.4. The van der Waals surface area contributed by atoms with Crippen molar-refractivity contribution in [2.45, 2.75) is 6.92 Å². The van der Waals surface area contributed by atoms with Crippen LogP contribution in [-0.2, 0) is 0 Å². The number of nitrogens with one attached hydrogen (secondary N) is 1. The zero-order valence-corrected chi connectivity index (χ0v) is 19.0. The molecule has 1 aromatic heterocycles. The fourth-order valence-corrected chi connectivity index (χ4v) is 3.44. The molecule has 0 aliphatic carbocycles. The molecular weight excluding hydrogens is 418 g/mol. The van der Waals surface area contributed by atoms with Gasteiger partial charge < -0.3 is 19.5 Å². The second-order valence-corrected chi connectivity index (χ2v) is 7.42. The number of ether oxygens (including phenoxy) is 3. The maximum Gasteiger partial charge on any atom is 0.259 e. The highest BCUT2D eigenvalue weighted by molar-refractivity contribution is 6.08. The van der Waals surface area contributed by atoms with E-state index in [0.717, 1.165) is 16.8 Å². The highest BCUT2D eigenvalue weighted by Crippen LogP contribution is 2.31. The van der Waals surface area contributed by atoms with Crippen molar-refractivity contribution in [2.75, 3.05) is 26.6 Å². The number of benzene rings is 3. The van der Waals surface area contributed by atoms with Crippen LogP contribution in [-0.4, -0.2) is 37.0 Å². The number of hydrogen-bond donors (Lipinski definition) is 1. The second kappa shape index (κ2) is 9.48. The summed E-state index contributed by atoms with van der Waals surface area (Å²) in [5.74, 6) is 1.50. The van der Waals surface area contributed by atoms with Crippen LogP contribution in [0.2, 0.25) is 0 Å². The van der Waals surface area contributed by atoms with Crippen LogP contribution in [0.4, 0.5) is 5.69 Å². The quantitative estimate of drug-likeness (QED) is 0.429. The summed E-state index contributed by atoms with van der Waals surface area (Å²) in [5.41, 5.74) is 4.26. The number of carbonyl (C=O) groups is 1. The molecule has 0 saturated carbocycles. The second-order valence-electron chi connectivity index (χ2n) is 7.42. The van der Waals surface area contributed by atoms with Crippen LogP contribution in [0, 0.1) is 6.92 Å². The number of hydrogen-bond acceptors (Lipinski definition) is 5. The molecule has 4 aromatic rings. The van der Waals surface area contributed by atoms with E-state index >= 15 is 0 Å². The molecule has 4 rings (SSSR count). The summed E-state index contributed by atoms with van der Waals surface area (Å²) in [5, 5.41) is 7.68. The summed E-state index contributed by atoms with van der Waals surface area (Å²) in [6.07, 6.45) is 1.73. The number of anilines is 1. The Hall–Kier alpha value is -4.26. The molecule has 0 aliphatic heterocycles. The molecule has 33 heavy (non-hydrogen) atoms. The van der Waals surface area contributed by atoms with E-state index in [1.54, 1.807) is 50.4 Å². The topological polar surface area (TPSA) is 74.6 Å². The molecule has 0 saturated heterocycles. The van der Waals surface area contributed by atoms with Gasteiger partial charge in [0.25, 0.3) is 5.91 Å². The Balaban J connectivity index is 1.77. The fraction of sp³-hybridized carbons (Fsp3) is 0.154. The Bertz CT molecular complexity index is 1280. The summed E-state index contributed by atoms with van der Waals surface area (Å²) < 4.78 is 17.7. The maximum atomic E-state index is 13.4. The number of methoxy groups -OCH3 is 3. The van der Waals surface area contributed by atoms with Crippen molar-refractivity contribution in [2.24, 2.45) is 0 Å². The van der Waals surface area contributed by atoms with Crippen molar-refractivity contribution >= 4 is 11.6 Å². The zero-order valence-electron chi connectivity index (χ0n) is 19.0. The van der Waals surface area contributed by atoms with E-state index in [1.165, 1.54) is 0 Å². The first-order valence-electron chi connectivity index (χ1n) is 10.4. The lowest BCUT2D eigenvalue weighted by atomic mass is 10.1. The van der Waals surface area contributed by atoms with Gasteiger partial charge in [-0.1, -0.05) is 29.8 Å². The average molecular weight is 444 g/mol. The standard InChI is InChI=1S/C26H25N3O4/c1-17-8-10-19(11-9-17)29-16-22(25(28-29)18-6-5-7-20(14-18)31-2)26(30)27-23-13-12-21(32-3)15-24(23)33-4/h5-16H,1-4H3,(H,27,30). The fourth-order valence-electron chi connectivity index (χ4n) is 3.44. The third kappa shape index (κ3) is 4.67. The predicted octanol–water partition coefficient (Wildman–Crippen LogP) is 5.13. The third-order valence-electron chi connectivity index (χ3n) is 5.26. The highest BCUT2D eigenvalue weighted by atomic mass is 16.5. The maximum absolute atomic E-state index is 13.4. The molecule has 0 spiro atoms. The molecule has 0 fully saturated rings. The van der Waals surface area contributed by atoms with E-state index in [1.807, 2.05) is 55.5 Å². The molecule has 0 unspecified atom stereocenters. The Kier molecular flexibility index (Phi) is 6.31. The third-order valence-corrected chi connectivity index (χ3v) is 5.26. The predicted molar refractivity (Wildman–Crippen MR) is 128 cm³/mol. The van der Waals surface area contributed by atoms with Gasteiger partial charge >= 0.3 is 0 Å². The van der Waals surface area contributed by atoms with Gasteiger partial charge in [0, 0.05) is 17.8 Å². The van der Waals surface area contributed by atoms with Crippen LogP contribution in [0.5, 0.6) is 17.2 Å². The highest BCUT2D eigenvalue weighted by Gasteiger charge is 2.20. The van der Waals surface area contributed by atoms with Gasteiger partial charge in [0.05, 0.1) is 38.3 Å². The SMILES string of the molecule is COc1cccc(-c2nn(-c3ccc(C)cc3)cc2C(=O)Nc2ccc(OC)cc2OC)c1. The van der Waals surface area contributed by atoms with Crippen LogP contribution >= 0.6 is 0 Å². The van der Waals surface area contributed by atoms with Crippen LogP contribution in [0.15, 0.2) is 72.9 Å². The Morgan fingerprint density at radius 2 is 1.61 bits per heavy atom. The van der Waals surface area contributed by atoms with E-state index < -0.39 is 0 Å². The summed E-state index contributed by atoms with van der Waals surface area (Å²) >= 11 is 0. The van der Waals surface area contributed by atoms with Gasteiger partial charge in [-0.05, 0) is 43.3 Å². The monoisotopic (exact) mass is 443 g/mol. The number of aryl methyl sites for hydroxylation is 1. The van der Waals surface area contributed by atoms with Gasteiger partial charge in [-0.25, -0.2) is 4.68 Å². The first-order valence-corrected chi connectivity index (χ1v) is 10.4. The lowest BCUT2D eigenvalue weighted by Crippen LogP contribution is -2.13. The van der Waals surface area contributed by atoms with Crippen molar-refractivity contribution in [1.82, 2.24) is 9.78 Å². The molecule has 0 atom stereocenters. The van der Waals surface area contributed by atoms with E-state index in [2.05, 4.69) is 5.32 Å². The first-order chi connectivity index (χ1) is 16.0. The molecule has 0 radical (unpaired) electrons. The van der Waals surface area contributed by atoms with Crippen LogP contribution in [0.3, 0.4) is 0 Å². The largest absolute Gasteiger partial charge is 0.497 e. The molecule has 168 valence electrons. The molecule has 3 aromatic carbocycles.